The van der Waals surface area contributed by atoms with Crippen molar-refractivity contribution in [3.05, 3.63) is 88.6 Å². The quantitative estimate of drug-likeness (QED) is 0.0940. The van der Waals surface area contributed by atoms with E-state index in [9.17, 15) is 9.90 Å². The van der Waals surface area contributed by atoms with Crippen molar-refractivity contribution in [2.75, 3.05) is 0 Å². The van der Waals surface area contributed by atoms with Crippen molar-refractivity contribution < 1.29 is 34.4 Å². The van der Waals surface area contributed by atoms with E-state index < -0.39 is 0 Å². The van der Waals surface area contributed by atoms with Crippen LogP contribution in [0.15, 0.2) is 71.0 Å². The molecule has 1 radical (unpaired) electrons. The summed E-state index contributed by atoms with van der Waals surface area (Å²) < 4.78 is 7.88. The molecule has 0 spiro atoms. The van der Waals surface area contributed by atoms with Crippen molar-refractivity contribution in [1.29, 1.82) is 0 Å². The van der Waals surface area contributed by atoms with E-state index in [-0.39, 0.29) is 47.9 Å². The first kappa shape index (κ1) is 39.5. The van der Waals surface area contributed by atoms with Crippen LogP contribution >= 0.6 is 11.3 Å². The van der Waals surface area contributed by atoms with Crippen LogP contribution < -0.4 is 0 Å². The van der Waals surface area contributed by atoms with Gasteiger partial charge in [-0.2, -0.15) is 0 Å². The van der Waals surface area contributed by atoms with Gasteiger partial charge in [0.25, 0.3) is 0 Å². The molecule has 0 aliphatic rings. The first-order chi connectivity index (χ1) is 23.1. The molecule has 0 saturated heterocycles. The van der Waals surface area contributed by atoms with Crippen LogP contribution in [0.5, 0.6) is 0 Å². The number of benzene rings is 3. The third-order valence-electron chi connectivity index (χ3n) is 11.1. The molecule has 0 aliphatic heterocycles. The smallest absolute Gasteiger partial charge is 0.164 e. The molecule has 0 saturated carbocycles. The SMILES string of the molecule is CCC(C)(CC)C(=O)/C=C(\O)C(C)(CC)CC.Cc1sc2ccc3c4ccnc(-c5[c-]c6ccccc6c(C(C)(C)C)c5)c4oc3c2c1C.[Ir]. The van der Waals surface area contributed by atoms with Crippen molar-refractivity contribution in [1.82, 2.24) is 4.98 Å². The van der Waals surface area contributed by atoms with Gasteiger partial charge >= 0.3 is 0 Å². The Labute approximate surface area is 315 Å². The van der Waals surface area contributed by atoms with Crippen LogP contribution in [-0.2, 0) is 30.3 Å². The maximum Gasteiger partial charge on any atom is 0.164 e. The van der Waals surface area contributed by atoms with Gasteiger partial charge in [0, 0.05) is 74.6 Å². The maximum absolute atomic E-state index is 12.2. The number of carbonyl (C=O) groups excluding carboxylic acids is 1. The van der Waals surface area contributed by atoms with Gasteiger partial charge in [0.15, 0.2) is 5.78 Å². The van der Waals surface area contributed by atoms with E-state index in [0.717, 1.165) is 64.3 Å². The standard InChI is InChI=1S/C29H24NOS.C15H28O2.Ir/c1-16-17(2)32-24-11-10-21-22-12-13-30-26(28(22)31-27(21)25(16)24)19-14-18-8-6-7-9-20(18)23(15-19)29(3,4)5;1-7-14(5,8-2)12(16)11-13(17)15(6,9-3)10-4;/h6-13,15H,1-5H3;11,16H,7-10H2,1-6H3;/q-1;;/b;12-11-;. The van der Waals surface area contributed by atoms with Crippen LogP contribution in [0.2, 0.25) is 0 Å². The second-order valence-corrected chi connectivity index (χ2v) is 16.3. The Bertz CT molecular complexity index is 2190. The number of aryl methyl sites for hydroxylation is 2. The number of aromatic nitrogens is 1. The van der Waals surface area contributed by atoms with Crippen molar-refractivity contribution >= 4 is 59.9 Å². The van der Waals surface area contributed by atoms with Crippen LogP contribution in [0.4, 0.5) is 0 Å². The molecule has 6 aromatic rings. The third-order valence-corrected chi connectivity index (χ3v) is 12.3. The molecule has 50 heavy (non-hydrogen) atoms. The van der Waals surface area contributed by atoms with E-state index in [0.29, 0.717) is 0 Å². The third kappa shape index (κ3) is 7.22. The molecule has 3 aromatic carbocycles. The second kappa shape index (κ2) is 15.1. The molecular weight excluding hydrogens is 815 g/mol. The predicted molar refractivity (Wildman–Crippen MR) is 210 cm³/mol. The van der Waals surface area contributed by atoms with E-state index in [1.807, 2.05) is 59.1 Å². The van der Waals surface area contributed by atoms with Crippen LogP contribution in [0, 0.1) is 30.7 Å². The van der Waals surface area contributed by atoms with Crippen LogP contribution in [-0.4, -0.2) is 15.9 Å². The van der Waals surface area contributed by atoms with E-state index >= 15 is 0 Å². The summed E-state index contributed by atoms with van der Waals surface area (Å²) in [5.41, 5.74) is 5.63. The molecule has 3 aromatic heterocycles. The molecule has 0 aliphatic carbocycles. The molecule has 0 bridgehead atoms. The van der Waals surface area contributed by atoms with Crippen molar-refractivity contribution in [2.24, 2.45) is 10.8 Å². The predicted octanol–water partition coefficient (Wildman–Crippen LogP) is 13.4. The first-order valence-corrected chi connectivity index (χ1v) is 18.5. The van der Waals surface area contributed by atoms with Crippen LogP contribution in [0.25, 0.3) is 54.1 Å². The summed E-state index contributed by atoms with van der Waals surface area (Å²) in [6, 6.07) is 20.8. The Morgan fingerprint density at radius 1 is 0.860 bits per heavy atom. The zero-order valence-electron chi connectivity index (χ0n) is 31.6. The normalized spacial score (nSPS) is 12.7. The Hall–Kier alpha value is -3.31. The van der Waals surface area contributed by atoms with E-state index in [1.54, 1.807) is 0 Å². The molecule has 267 valence electrons. The monoisotopic (exact) mass is 867 g/mol. The average molecular weight is 867 g/mol. The fraction of sp³-hybridized carbons (Fsp3) is 0.409. The number of thiophene rings is 1. The summed E-state index contributed by atoms with van der Waals surface area (Å²) in [5, 5.41) is 16.0. The molecular formula is C44H52IrNO3S-. The summed E-state index contributed by atoms with van der Waals surface area (Å²) in [6.07, 6.45) is 6.65. The van der Waals surface area contributed by atoms with Crippen molar-refractivity contribution in [3.8, 4) is 11.3 Å². The van der Waals surface area contributed by atoms with Gasteiger partial charge in [-0.05, 0) is 68.7 Å². The van der Waals surface area contributed by atoms with Gasteiger partial charge < -0.3 is 9.52 Å². The largest absolute Gasteiger partial charge is 0.512 e. The molecule has 0 atom stereocenters. The summed E-state index contributed by atoms with van der Waals surface area (Å²) in [5.74, 6) is 0.286. The molecule has 1 N–H and O–H groups in total. The summed E-state index contributed by atoms with van der Waals surface area (Å²) in [7, 11) is 0. The van der Waals surface area contributed by atoms with Gasteiger partial charge in [0.1, 0.15) is 16.9 Å². The number of furan rings is 1. The minimum atomic E-state index is -0.337. The van der Waals surface area contributed by atoms with Crippen LogP contribution in [0.1, 0.15) is 104 Å². The molecule has 6 heteroatoms. The average Bonchev–Trinajstić information content (AvgIpc) is 3.62. The Morgan fingerprint density at radius 2 is 1.48 bits per heavy atom. The van der Waals surface area contributed by atoms with Gasteiger partial charge in [-0.15, -0.1) is 40.5 Å². The molecule has 0 amide bonds. The summed E-state index contributed by atoms with van der Waals surface area (Å²) in [6.45, 7) is 23.2. The fourth-order valence-electron chi connectivity index (χ4n) is 6.46. The van der Waals surface area contributed by atoms with E-state index in [2.05, 4.69) is 89.2 Å². The fourth-order valence-corrected chi connectivity index (χ4v) is 7.53. The number of fused-ring (bicyclic) bond motifs is 6. The molecule has 0 unspecified atom stereocenters. The van der Waals surface area contributed by atoms with E-state index in [1.165, 1.54) is 37.6 Å². The Morgan fingerprint density at radius 3 is 2.10 bits per heavy atom. The summed E-state index contributed by atoms with van der Waals surface area (Å²) >= 11 is 1.83. The topological polar surface area (TPSA) is 63.3 Å². The minimum absolute atomic E-state index is 0. The minimum Gasteiger partial charge on any atom is -0.512 e. The van der Waals surface area contributed by atoms with E-state index in [4.69, 9.17) is 9.40 Å². The number of hydrogen-bond acceptors (Lipinski definition) is 5. The number of carbonyl (C=O) groups is 1. The van der Waals surface area contributed by atoms with Gasteiger partial charge in [0.2, 0.25) is 0 Å². The van der Waals surface area contributed by atoms with Crippen molar-refractivity contribution in [3.63, 3.8) is 0 Å². The number of allylic oxidation sites excluding steroid dienone is 2. The molecule has 3 heterocycles. The number of hydrogen-bond donors (Lipinski definition) is 1. The zero-order chi connectivity index (χ0) is 35.9. The maximum atomic E-state index is 12.2. The number of aliphatic hydroxyl groups is 1. The summed E-state index contributed by atoms with van der Waals surface area (Å²) in [4.78, 5) is 18.3. The van der Waals surface area contributed by atoms with Gasteiger partial charge in [0.05, 0.1) is 0 Å². The Balaban J connectivity index is 0.000000269. The molecule has 4 nitrogen and oxygen atoms in total. The second-order valence-electron chi connectivity index (χ2n) is 15.1. The number of pyridine rings is 1. The van der Waals surface area contributed by atoms with Crippen LogP contribution in [0.3, 0.4) is 0 Å². The number of ketones is 1. The zero-order valence-corrected chi connectivity index (χ0v) is 34.8. The number of rotatable bonds is 8. The molecule has 6 rings (SSSR count). The van der Waals surface area contributed by atoms with Gasteiger partial charge in [-0.1, -0.05) is 91.5 Å². The van der Waals surface area contributed by atoms with Crippen molar-refractivity contribution in [2.45, 2.75) is 107 Å². The number of nitrogens with zero attached hydrogens (tertiary/aromatic N) is 1. The van der Waals surface area contributed by atoms with Gasteiger partial charge in [-0.25, -0.2) is 0 Å². The molecule has 0 fully saturated rings. The number of aliphatic hydroxyl groups excluding tert-OH is 1. The van der Waals surface area contributed by atoms with Gasteiger partial charge in [-0.3, -0.25) is 9.78 Å². The Kier molecular flexibility index (Phi) is 11.9. The first-order valence-electron chi connectivity index (χ1n) is 17.7.